The second kappa shape index (κ2) is 10.6. The van der Waals surface area contributed by atoms with Crippen molar-refractivity contribution in [2.45, 2.75) is 77.3 Å². The molecule has 6 amide bonds. The van der Waals surface area contributed by atoms with Gasteiger partial charge in [0.05, 0.1) is 0 Å². The van der Waals surface area contributed by atoms with Gasteiger partial charge in [-0.2, -0.15) is 0 Å². The molecule has 0 aliphatic carbocycles. The van der Waals surface area contributed by atoms with E-state index in [-0.39, 0.29) is 23.9 Å². The van der Waals surface area contributed by atoms with Crippen LogP contribution in [0.15, 0.2) is 0 Å². The fraction of sp³-hybridized carbons (Fsp3) is 0.818. The molecule has 10 nitrogen and oxygen atoms in total. The average molecular weight is 453 g/mol. The summed E-state index contributed by atoms with van der Waals surface area (Å²) in [7, 11) is 0. The lowest BCUT2D eigenvalue weighted by Crippen LogP contribution is -2.45. The Hall–Kier alpha value is -2.20. The van der Waals surface area contributed by atoms with E-state index in [9.17, 15) is 19.2 Å². The lowest BCUT2D eigenvalue weighted by Gasteiger charge is -2.27. The maximum Gasteiger partial charge on any atom is 0.327 e. The minimum Gasteiger partial charge on any atom is -0.330 e. The van der Waals surface area contributed by atoms with Gasteiger partial charge in [-0.3, -0.25) is 19.4 Å². The first kappa shape index (κ1) is 26.1. The molecular weight excluding hydrogens is 412 g/mol. The number of hydrogen-bond acceptors (Lipinski definition) is 6. The summed E-state index contributed by atoms with van der Waals surface area (Å²) in [5.41, 5.74) is 9.42. The zero-order chi connectivity index (χ0) is 24.1. The fourth-order valence-electron chi connectivity index (χ4n) is 4.37. The Morgan fingerprint density at radius 1 is 0.562 bits per heavy atom. The zero-order valence-corrected chi connectivity index (χ0v) is 20.1. The molecule has 32 heavy (non-hydrogen) atoms. The van der Waals surface area contributed by atoms with Crippen LogP contribution in [0.2, 0.25) is 0 Å². The molecule has 2 heterocycles. The smallest absolute Gasteiger partial charge is 0.327 e. The number of hydrogen-bond donors (Lipinski definition) is 2. The predicted molar refractivity (Wildman–Crippen MR) is 122 cm³/mol. The molecule has 2 aliphatic rings. The van der Waals surface area contributed by atoms with Crippen molar-refractivity contribution in [1.29, 1.82) is 0 Å². The van der Waals surface area contributed by atoms with Crippen LogP contribution in [0.25, 0.3) is 0 Å². The van der Waals surface area contributed by atoms with Crippen LogP contribution >= 0.6 is 0 Å². The van der Waals surface area contributed by atoms with Crippen molar-refractivity contribution in [1.82, 2.24) is 19.6 Å². The molecule has 2 fully saturated rings. The number of urea groups is 2. The number of carbonyl (C=O) groups is 4. The Morgan fingerprint density at radius 3 is 1.22 bits per heavy atom. The normalized spacial score (nSPS) is 20.3. The highest BCUT2D eigenvalue weighted by atomic mass is 16.2. The van der Waals surface area contributed by atoms with E-state index < -0.39 is 11.1 Å². The van der Waals surface area contributed by atoms with Crippen molar-refractivity contribution < 1.29 is 19.2 Å². The number of unbranched alkanes of at least 4 members (excludes halogenated alkanes) is 3. The van der Waals surface area contributed by atoms with Gasteiger partial charge in [0.15, 0.2) is 0 Å². The number of imide groups is 2. The van der Waals surface area contributed by atoms with E-state index in [1.807, 2.05) is 0 Å². The largest absolute Gasteiger partial charge is 0.330 e. The van der Waals surface area contributed by atoms with Crippen LogP contribution in [0, 0.1) is 0 Å². The third kappa shape index (κ3) is 5.06. The summed E-state index contributed by atoms with van der Waals surface area (Å²) in [5.74, 6) is -0.347. The van der Waals surface area contributed by atoms with E-state index in [0.29, 0.717) is 65.0 Å². The Morgan fingerprint density at radius 2 is 0.906 bits per heavy atom. The molecule has 0 spiro atoms. The number of amides is 6. The first-order chi connectivity index (χ1) is 15.0. The zero-order valence-electron chi connectivity index (χ0n) is 20.1. The van der Waals surface area contributed by atoms with Crippen LogP contribution in [0.3, 0.4) is 0 Å². The molecule has 0 saturated carbocycles. The number of nitrogens with two attached hydrogens (primary N) is 2. The van der Waals surface area contributed by atoms with Gasteiger partial charge in [0.1, 0.15) is 11.1 Å². The number of carbonyl (C=O) groups excluding carboxylic acids is 4. The van der Waals surface area contributed by atoms with Crippen molar-refractivity contribution in [3.05, 3.63) is 0 Å². The Labute approximate surface area is 191 Å². The van der Waals surface area contributed by atoms with Crippen molar-refractivity contribution in [2.24, 2.45) is 11.5 Å². The minimum atomic E-state index is -0.842. The molecule has 4 N–H and O–H groups in total. The lowest BCUT2D eigenvalue weighted by atomic mass is 10.0. The third-order valence-electron chi connectivity index (χ3n) is 6.50. The average Bonchev–Trinajstić information content (AvgIpc) is 3.00. The van der Waals surface area contributed by atoms with Crippen LogP contribution in [-0.4, -0.2) is 93.8 Å². The van der Waals surface area contributed by atoms with Crippen molar-refractivity contribution >= 4 is 23.9 Å². The quantitative estimate of drug-likeness (QED) is 0.320. The summed E-state index contributed by atoms with van der Waals surface area (Å²) in [6.07, 6.45) is 4.30. The van der Waals surface area contributed by atoms with E-state index in [2.05, 4.69) is 0 Å². The third-order valence-corrected chi connectivity index (χ3v) is 6.50. The molecular formula is C22H40N6O4. The SMILES string of the molecule is CC1(C)C(=O)N(CCCCCCN2C(=O)N(CCCN)C(C)(C)C2=O)C(=O)N1CCCN. The topological polar surface area (TPSA) is 133 Å². The van der Waals surface area contributed by atoms with E-state index in [4.69, 9.17) is 11.5 Å². The highest BCUT2D eigenvalue weighted by Gasteiger charge is 2.51. The van der Waals surface area contributed by atoms with Crippen molar-refractivity contribution in [3.63, 3.8) is 0 Å². The second-order valence-electron chi connectivity index (χ2n) is 9.60. The standard InChI is InChI=1S/C22H40N6O4/c1-21(2)17(29)25(19(31)27(21)15-9-11-23)13-7-5-6-8-14-26-18(30)22(3,4)28(20(26)32)16-10-12-24/h5-16,23-24H2,1-4H3. The van der Waals surface area contributed by atoms with Gasteiger partial charge < -0.3 is 21.3 Å². The van der Waals surface area contributed by atoms with Gasteiger partial charge in [0, 0.05) is 26.2 Å². The molecule has 2 saturated heterocycles. The summed E-state index contributed by atoms with van der Waals surface area (Å²) in [4.78, 5) is 56.6. The van der Waals surface area contributed by atoms with E-state index in [1.54, 1.807) is 37.5 Å². The Bertz CT molecular complexity index is 663. The molecule has 0 radical (unpaired) electrons. The molecule has 2 rings (SSSR count). The molecule has 0 aromatic rings. The molecule has 0 aromatic carbocycles. The molecule has 0 atom stereocenters. The molecule has 0 aromatic heterocycles. The molecule has 182 valence electrons. The van der Waals surface area contributed by atoms with Gasteiger partial charge in [-0.1, -0.05) is 12.8 Å². The minimum absolute atomic E-state index is 0.174. The first-order valence-electron chi connectivity index (χ1n) is 11.7. The van der Waals surface area contributed by atoms with Crippen LogP contribution in [0.5, 0.6) is 0 Å². The van der Waals surface area contributed by atoms with Crippen molar-refractivity contribution in [2.75, 3.05) is 39.3 Å². The van der Waals surface area contributed by atoms with E-state index >= 15 is 0 Å². The maximum absolute atomic E-state index is 12.7. The highest BCUT2D eigenvalue weighted by Crippen LogP contribution is 2.29. The fourth-order valence-corrected chi connectivity index (χ4v) is 4.37. The van der Waals surface area contributed by atoms with Crippen LogP contribution < -0.4 is 11.5 Å². The lowest BCUT2D eigenvalue weighted by molar-refractivity contribution is -0.132. The maximum atomic E-state index is 12.7. The Balaban J connectivity index is 1.78. The van der Waals surface area contributed by atoms with E-state index in [1.165, 1.54) is 9.80 Å². The summed E-state index contributed by atoms with van der Waals surface area (Å²) < 4.78 is 0. The summed E-state index contributed by atoms with van der Waals surface area (Å²) in [6.45, 7) is 9.72. The molecule has 10 heteroatoms. The van der Waals surface area contributed by atoms with Crippen molar-refractivity contribution in [3.8, 4) is 0 Å². The monoisotopic (exact) mass is 452 g/mol. The van der Waals surface area contributed by atoms with Gasteiger partial charge >= 0.3 is 12.1 Å². The summed E-state index contributed by atoms with van der Waals surface area (Å²) >= 11 is 0. The van der Waals surface area contributed by atoms with Crippen LogP contribution in [0.1, 0.15) is 66.2 Å². The molecule has 0 unspecified atom stereocenters. The molecule has 2 aliphatic heterocycles. The predicted octanol–water partition coefficient (Wildman–Crippen LogP) is 1.33. The van der Waals surface area contributed by atoms with E-state index in [0.717, 1.165) is 12.8 Å². The van der Waals surface area contributed by atoms with Gasteiger partial charge in [0.25, 0.3) is 11.8 Å². The van der Waals surface area contributed by atoms with Crippen LogP contribution in [-0.2, 0) is 9.59 Å². The number of rotatable bonds is 13. The molecule has 0 bridgehead atoms. The second-order valence-corrected chi connectivity index (χ2v) is 9.60. The van der Waals surface area contributed by atoms with Gasteiger partial charge in [0.2, 0.25) is 0 Å². The summed E-state index contributed by atoms with van der Waals surface area (Å²) in [6, 6.07) is -0.497. The van der Waals surface area contributed by atoms with Crippen LogP contribution in [0.4, 0.5) is 9.59 Å². The van der Waals surface area contributed by atoms with Gasteiger partial charge in [-0.05, 0) is 66.5 Å². The van der Waals surface area contributed by atoms with Gasteiger partial charge in [-0.25, -0.2) is 9.59 Å². The summed E-state index contributed by atoms with van der Waals surface area (Å²) in [5, 5.41) is 0. The highest BCUT2D eigenvalue weighted by molar-refractivity contribution is 6.07. The first-order valence-corrected chi connectivity index (χ1v) is 11.7. The Kier molecular flexibility index (Phi) is 8.64. The van der Waals surface area contributed by atoms with Gasteiger partial charge in [-0.15, -0.1) is 0 Å². The number of nitrogens with zero attached hydrogens (tertiary/aromatic N) is 4.